The quantitative estimate of drug-likeness (QED) is 0.883. The molecule has 92 valence electrons. The molecule has 0 spiro atoms. The molecule has 17 heavy (non-hydrogen) atoms. The molecule has 0 bridgehead atoms. The maximum absolute atomic E-state index is 4.27. The van der Waals surface area contributed by atoms with Crippen molar-refractivity contribution in [1.82, 2.24) is 15.1 Å². The Kier molecular flexibility index (Phi) is 3.97. The van der Waals surface area contributed by atoms with Gasteiger partial charge in [-0.1, -0.05) is 13.8 Å². The van der Waals surface area contributed by atoms with Crippen LogP contribution in [-0.2, 0) is 13.5 Å². The van der Waals surface area contributed by atoms with E-state index in [4.69, 9.17) is 0 Å². The first-order chi connectivity index (χ1) is 8.26. The highest BCUT2D eigenvalue weighted by Gasteiger charge is 2.18. The topological polar surface area (TPSA) is 29.9 Å². The Labute approximate surface area is 106 Å². The highest BCUT2D eigenvalue weighted by Crippen LogP contribution is 2.29. The minimum absolute atomic E-state index is 0.281. The Morgan fingerprint density at radius 2 is 2.29 bits per heavy atom. The van der Waals surface area contributed by atoms with E-state index in [0.29, 0.717) is 0 Å². The minimum Gasteiger partial charge on any atom is -0.306 e. The first-order valence-electron chi connectivity index (χ1n) is 6.04. The van der Waals surface area contributed by atoms with E-state index < -0.39 is 0 Å². The number of nitrogens with one attached hydrogen (secondary N) is 1. The molecule has 0 saturated carbocycles. The summed E-state index contributed by atoms with van der Waals surface area (Å²) in [6, 6.07) is 2.50. The minimum atomic E-state index is 0.281. The molecule has 2 aromatic rings. The Bertz CT molecular complexity index is 472. The molecule has 1 N–H and O–H groups in total. The highest BCUT2D eigenvalue weighted by atomic mass is 32.1. The van der Waals surface area contributed by atoms with Crippen LogP contribution in [0.4, 0.5) is 0 Å². The Morgan fingerprint density at radius 1 is 1.47 bits per heavy atom. The van der Waals surface area contributed by atoms with Gasteiger partial charge in [0.05, 0.1) is 12.2 Å². The average Bonchev–Trinajstić information content (AvgIpc) is 2.94. The van der Waals surface area contributed by atoms with Crippen molar-refractivity contribution in [2.45, 2.75) is 26.3 Å². The lowest BCUT2D eigenvalue weighted by Gasteiger charge is -2.16. The molecule has 1 atom stereocenters. The largest absolute Gasteiger partial charge is 0.306 e. The van der Waals surface area contributed by atoms with Gasteiger partial charge in [-0.2, -0.15) is 5.10 Å². The van der Waals surface area contributed by atoms with Crippen LogP contribution in [0, 0.1) is 0 Å². The summed E-state index contributed by atoms with van der Waals surface area (Å²) in [5.41, 5.74) is 2.68. The molecule has 4 heteroatoms. The van der Waals surface area contributed by atoms with Crippen molar-refractivity contribution >= 4 is 11.3 Å². The molecule has 3 nitrogen and oxygen atoms in total. The van der Waals surface area contributed by atoms with Gasteiger partial charge in [0.15, 0.2) is 0 Å². The number of nitrogens with zero attached hydrogens (tertiary/aromatic N) is 2. The molecule has 0 radical (unpaired) electrons. The lowest BCUT2D eigenvalue weighted by atomic mass is 10.0. The Hall–Kier alpha value is -1.13. The molecule has 0 saturated heterocycles. The highest BCUT2D eigenvalue weighted by molar-refractivity contribution is 7.10. The number of hydrogen-bond acceptors (Lipinski definition) is 3. The summed E-state index contributed by atoms with van der Waals surface area (Å²) in [6.45, 7) is 5.31. The van der Waals surface area contributed by atoms with Gasteiger partial charge in [0.1, 0.15) is 0 Å². The number of rotatable bonds is 5. The van der Waals surface area contributed by atoms with Crippen LogP contribution in [-0.4, -0.2) is 16.3 Å². The van der Waals surface area contributed by atoms with Gasteiger partial charge >= 0.3 is 0 Å². The lowest BCUT2D eigenvalue weighted by molar-refractivity contribution is 0.634. The fraction of sp³-hybridized carbons (Fsp3) is 0.462. The first kappa shape index (κ1) is 12.3. The maximum atomic E-state index is 4.27. The van der Waals surface area contributed by atoms with Gasteiger partial charge in [-0.3, -0.25) is 4.68 Å². The number of aromatic nitrogens is 2. The molecule has 0 aromatic carbocycles. The summed E-state index contributed by atoms with van der Waals surface area (Å²) in [5, 5.41) is 9.99. The monoisotopic (exact) mass is 249 g/mol. The predicted molar refractivity (Wildman–Crippen MR) is 72.4 cm³/mol. The standard InChI is InChI=1S/C13H19N3S/c1-4-10-6-7-17-13(10)12(14-5-2)11-8-15-16(3)9-11/h6-9,12,14H,4-5H2,1-3H3. The van der Waals surface area contributed by atoms with Crippen molar-refractivity contribution in [2.24, 2.45) is 7.05 Å². The molecule has 0 aliphatic rings. The van der Waals surface area contributed by atoms with Crippen molar-refractivity contribution in [3.05, 3.63) is 39.8 Å². The van der Waals surface area contributed by atoms with Crippen molar-refractivity contribution in [3.63, 3.8) is 0 Å². The molecule has 0 fully saturated rings. The molecule has 0 aliphatic heterocycles. The van der Waals surface area contributed by atoms with E-state index in [1.54, 1.807) is 0 Å². The molecule has 2 aromatic heterocycles. The third kappa shape index (κ3) is 2.58. The molecule has 0 aliphatic carbocycles. The fourth-order valence-corrected chi connectivity index (χ4v) is 3.15. The van der Waals surface area contributed by atoms with Crippen LogP contribution in [0.2, 0.25) is 0 Å². The van der Waals surface area contributed by atoms with Gasteiger partial charge < -0.3 is 5.32 Å². The van der Waals surface area contributed by atoms with Gasteiger partial charge in [-0.25, -0.2) is 0 Å². The number of thiophene rings is 1. The van der Waals surface area contributed by atoms with Gasteiger partial charge in [-0.05, 0) is 30.0 Å². The Balaban J connectivity index is 2.35. The predicted octanol–water partition coefficient (Wildman–Crippen LogP) is 2.74. The van der Waals surface area contributed by atoms with Crippen LogP contribution in [0.5, 0.6) is 0 Å². The third-order valence-electron chi connectivity index (χ3n) is 2.89. The second-order valence-electron chi connectivity index (χ2n) is 4.10. The normalized spacial score (nSPS) is 12.9. The van der Waals surface area contributed by atoms with Crippen LogP contribution >= 0.6 is 11.3 Å². The molecular weight excluding hydrogens is 230 g/mol. The van der Waals surface area contributed by atoms with Gasteiger partial charge in [-0.15, -0.1) is 11.3 Å². The van der Waals surface area contributed by atoms with Crippen LogP contribution in [0.3, 0.4) is 0 Å². The van der Waals surface area contributed by atoms with Crippen LogP contribution in [0.15, 0.2) is 23.8 Å². The van der Waals surface area contributed by atoms with Crippen molar-refractivity contribution in [3.8, 4) is 0 Å². The SMILES string of the molecule is CCNC(c1cnn(C)c1)c1sccc1CC. The number of hydrogen-bond donors (Lipinski definition) is 1. The zero-order valence-corrected chi connectivity index (χ0v) is 11.4. The van der Waals surface area contributed by atoms with E-state index in [-0.39, 0.29) is 6.04 Å². The van der Waals surface area contributed by atoms with Crippen molar-refractivity contribution < 1.29 is 0 Å². The van der Waals surface area contributed by atoms with Gasteiger partial charge in [0.2, 0.25) is 0 Å². The zero-order valence-electron chi connectivity index (χ0n) is 10.6. The zero-order chi connectivity index (χ0) is 12.3. The second kappa shape index (κ2) is 5.47. The second-order valence-corrected chi connectivity index (χ2v) is 5.05. The molecule has 1 unspecified atom stereocenters. The maximum Gasteiger partial charge on any atom is 0.0704 e. The molecule has 0 amide bonds. The van der Waals surface area contributed by atoms with Gasteiger partial charge in [0, 0.05) is 23.7 Å². The number of aryl methyl sites for hydroxylation is 2. The van der Waals surface area contributed by atoms with E-state index in [9.17, 15) is 0 Å². The van der Waals surface area contributed by atoms with E-state index in [1.807, 2.05) is 29.3 Å². The molecule has 2 heterocycles. The summed E-state index contributed by atoms with van der Waals surface area (Å²) in [4.78, 5) is 1.42. The summed E-state index contributed by atoms with van der Waals surface area (Å²) >= 11 is 1.83. The van der Waals surface area contributed by atoms with E-state index in [0.717, 1.165) is 13.0 Å². The molecule has 2 rings (SSSR count). The van der Waals surface area contributed by atoms with Crippen molar-refractivity contribution in [1.29, 1.82) is 0 Å². The van der Waals surface area contributed by atoms with E-state index in [1.165, 1.54) is 16.0 Å². The van der Waals surface area contributed by atoms with Gasteiger partial charge in [0.25, 0.3) is 0 Å². The van der Waals surface area contributed by atoms with E-state index >= 15 is 0 Å². The van der Waals surface area contributed by atoms with Crippen LogP contribution in [0.25, 0.3) is 0 Å². The van der Waals surface area contributed by atoms with Crippen LogP contribution in [0.1, 0.15) is 35.9 Å². The van der Waals surface area contributed by atoms with Crippen molar-refractivity contribution in [2.75, 3.05) is 6.54 Å². The Morgan fingerprint density at radius 3 is 2.88 bits per heavy atom. The smallest absolute Gasteiger partial charge is 0.0704 e. The third-order valence-corrected chi connectivity index (χ3v) is 3.91. The lowest BCUT2D eigenvalue weighted by Crippen LogP contribution is -2.21. The molecular formula is C13H19N3S. The summed E-state index contributed by atoms with van der Waals surface area (Å²) < 4.78 is 1.86. The van der Waals surface area contributed by atoms with Crippen LogP contribution < -0.4 is 5.32 Å². The fourth-order valence-electron chi connectivity index (χ4n) is 2.05. The summed E-state index contributed by atoms with van der Waals surface area (Å²) in [6.07, 6.45) is 5.12. The van der Waals surface area contributed by atoms with E-state index in [2.05, 4.69) is 41.9 Å². The summed E-state index contributed by atoms with van der Waals surface area (Å²) in [5.74, 6) is 0. The summed E-state index contributed by atoms with van der Waals surface area (Å²) in [7, 11) is 1.96. The average molecular weight is 249 g/mol. The first-order valence-corrected chi connectivity index (χ1v) is 6.92.